The van der Waals surface area contributed by atoms with E-state index in [0.717, 1.165) is 29.8 Å². The number of rotatable bonds is 3. The number of benzene rings is 2. The molecule has 0 unspecified atom stereocenters. The molecule has 0 saturated carbocycles. The van der Waals surface area contributed by atoms with Crippen molar-refractivity contribution in [2.75, 3.05) is 0 Å². The van der Waals surface area contributed by atoms with Gasteiger partial charge in [-0.15, -0.1) is 0 Å². The van der Waals surface area contributed by atoms with E-state index < -0.39 is 0 Å². The molecule has 1 amide bonds. The summed E-state index contributed by atoms with van der Waals surface area (Å²) in [7, 11) is 0. The predicted octanol–water partition coefficient (Wildman–Crippen LogP) is 2.42. The third-order valence-corrected chi connectivity index (χ3v) is 4.54. The molecule has 2 aromatic carbocycles. The van der Waals surface area contributed by atoms with E-state index in [4.69, 9.17) is 0 Å². The highest BCUT2D eigenvalue weighted by Gasteiger charge is 2.16. The summed E-state index contributed by atoms with van der Waals surface area (Å²) in [5.41, 5.74) is 5.52. The van der Waals surface area contributed by atoms with Crippen LogP contribution >= 0.6 is 0 Å². The molecule has 0 fully saturated rings. The molecule has 1 aliphatic heterocycles. The summed E-state index contributed by atoms with van der Waals surface area (Å²) in [6.45, 7) is 2.73. The van der Waals surface area contributed by atoms with Crippen molar-refractivity contribution in [3.63, 3.8) is 0 Å². The SMILES string of the molecule is Cc1ccc(/C=N\NC(=O)c2ccc3c(=O)n4c(nc3c2)CCC4)cc1. The smallest absolute Gasteiger partial charge is 0.271 e. The zero-order chi connectivity index (χ0) is 18.1. The number of aromatic nitrogens is 2. The number of nitrogens with one attached hydrogen (secondary N) is 1. The van der Waals surface area contributed by atoms with Gasteiger partial charge in [0, 0.05) is 18.5 Å². The second kappa shape index (κ2) is 6.55. The molecule has 0 spiro atoms. The van der Waals surface area contributed by atoms with E-state index in [2.05, 4.69) is 15.5 Å². The van der Waals surface area contributed by atoms with Crippen molar-refractivity contribution in [3.05, 3.63) is 75.3 Å². The summed E-state index contributed by atoms with van der Waals surface area (Å²) in [6.07, 6.45) is 3.32. The average Bonchev–Trinajstić information content (AvgIpc) is 3.12. The molecular weight excluding hydrogens is 328 g/mol. The van der Waals surface area contributed by atoms with Crippen LogP contribution in [0.1, 0.15) is 33.7 Å². The first-order chi connectivity index (χ1) is 12.6. The molecule has 130 valence electrons. The van der Waals surface area contributed by atoms with Crippen LogP contribution in [-0.4, -0.2) is 21.7 Å². The molecule has 2 heterocycles. The minimum Gasteiger partial charge on any atom is -0.296 e. The Bertz CT molecular complexity index is 1080. The van der Waals surface area contributed by atoms with Crippen molar-refractivity contribution in [1.29, 1.82) is 0 Å². The van der Waals surface area contributed by atoms with E-state index in [0.29, 0.717) is 23.0 Å². The van der Waals surface area contributed by atoms with Crippen molar-refractivity contribution >= 4 is 23.0 Å². The molecule has 0 radical (unpaired) electrons. The maximum atomic E-state index is 12.5. The molecule has 1 N–H and O–H groups in total. The lowest BCUT2D eigenvalue weighted by atomic mass is 10.1. The summed E-state index contributed by atoms with van der Waals surface area (Å²) >= 11 is 0. The van der Waals surface area contributed by atoms with Crippen molar-refractivity contribution in [1.82, 2.24) is 15.0 Å². The Morgan fingerprint density at radius 2 is 2.04 bits per heavy atom. The molecular formula is C20H18N4O2. The van der Waals surface area contributed by atoms with E-state index in [1.54, 1.807) is 29.0 Å². The zero-order valence-electron chi connectivity index (χ0n) is 14.4. The quantitative estimate of drug-likeness (QED) is 0.584. The third-order valence-electron chi connectivity index (χ3n) is 4.54. The highest BCUT2D eigenvalue weighted by Crippen LogP contribution is 2.16. The number of carbonyl (C=O) groups is 1. The fraction of sp³-hybridized carbons (Fsp3) is 0.200. The van der Waals surface area contributed by atoms with Crippen LogP contribution in [0.15, 0.2) is 52.4 Å². The Hall–Kier alpha value is -3.28. The number of nitrogens with zero attached hydrogens (tertiary/aromatic N) is 3. The molecule has 0 atom stereocenters. The van der Waals surface area contributed by atoms with Crippen molar-refractivity contribution < 1.29 is 4.79 Å². The minimum absolute atomic E-state index is 0.0353. The number of hydrogen-bond donors (Lipinski definition) is 1. The molecule has 6 heteroatoms. The van der Waals surface area contributed by atoms with Crippen LogP contribution in [0.25, 0.3) is 10.9 Å². The summed E-state index contributed by atoms with van der Waals surface area (Å²) in [6, 6.07) is 12.8. The summed E-state index contributed by atoms with van der Waals surface area (Å²) in [5.74, 6) is 0.454. The molecule has 1 aliphatic rings. The van der Waals surface area contributed by atoms with Crippen LogP contribution in [0.2, 0.25) is 0 Å². The summed E-state index contributed by atoms with van der Waals surface area (Å²) in [5, 5.41) is 4.53. The Morgan fingerprint density at radius 1 is 1.23 bits per heavy atom. The summed E-state index contributed by atoms with van der Waals surface area (Å²) in [4.78, 5) is 29.3. The van der Waals surface area contributed by atoms with Gasteiger partial charge >= 0.3 is 0 Å². The van der Waals surface area contributed by atoms with Crippen molar-refractivity contribution in [2.24, 2.45) is 5.10 Å². The molecule has 6 nitrogen and oxygen atoms in total. The highest BCUT2D eigenvalue weighted by molar-refractivity contribution is 5.98. The lowest BCUT2D eigenvalue weighted by molar-refractivity contribution is 0.0955. The number of hydrogen-bond acceptors (Lipinski definition) is 4. The summed E-state index contributed by atoms with van der Waals surface area (Å²) < 4.78 is 1.72. The van der Waals surface area contributed by atoms with Gasteiger partial charge in [0.05, 0.1) is 17.1 Å². The van der Waals surface area contributed by atoms with Gasteiger partial charge in [0.1, 0.15) is 5.82 Å². The first-order valence-electron chi connectivity index (χ1n) is 8.55. The fourth-order valence-electron chi connectivity index (χ4n) is 3.11. The number of hydrazone groups is 1. The number of fused-ring (bicyclic) bond motifs is 2. The molecule has 26 heavy (non-hydrogen) atoms. The monoisotopic (exact) mass is 346 g/mol. The molecule has 0 saturated heterocycles. The van der Waals surface area contributed by atoms with Gasteiger partial charge in [-0.2, -0.15) is 5.10 Å². The minimum atomic E-state index is -0.335. The van der Waals surface area contributed by atoms with E-state index >= 15 is 0 Å². The Morgan fingerprint density at radius 3 is 2.85 bits per heavy atom. The fourth-order valence-corrected chi connectivity index (χ4v) is 3.11. The Kier molecular flexibility index (Phi) is 4.08. The van der Waals surface area contributed by atoms with Gasteiger partial charge in [0.15, 0.2) is 0 Å². The second-order valence-electron chi connectivity index (χ2n) is 6.43. The van der Waals surface area contributed by atoms with E-state index in [-0.39, 0.29) is 11.5 Å². The molecule has 1 aromatic heterocycles. The molecule has 3 aromatic rings. The van der Waals surface area contributed by atoms with Crippen LogP contribution in [0.5, 0.6) is 0 Å². The van der Waals surface area contributed by atoms with E-state index in [1.165, 1.54) is 0 Å². The van der Waals surface area contributed by atoms with Crippen molar-refractivity contribution in [3.8, 4) is 0 Å². The lowest BCUT2D eigenvalue weighted by Gasteiger charge is -2.06. The topological polar surface area (TPSA) is 76.3 Å². The Balaban J connectivity index is 1.56. The molecule has 0 bridgehead atoms. The van der Waals surface area contributed by atoms with Crippen LogP contribution < -0.4 is 11.0 Å². The van der Waals surface area contributed by atoms with Crippen LogP contribution in [0.3, 0.4) is 0 Å². The van der Waals surface area contributed by atoms with Crippen LogP contribution in [-0.2, 0) is 13.0 Å². The van der Waals surface area contributed by atoms with Gasteiger partial charge in [0.25, 0.3) is 11.5 Å². The average molecular weight is 346 g/mol. The number of carbonyl (C=O) groups excluding carboxylic acids is 1. The van der Waals surface area contributed by atoms with Gasteiger partial charge in [-0.05, 0) is 37.1 Å². The van der Waals surface area contributed by atoms with Gasteiger partial charge in [-0.1, -0.05) is 29.8 Å². The van der Waals surface area contributed by atoms with Gasteiger partial charge in [0.2, 0.25) is 0 Å². The largest absolute Gasteiger partial charge is 0.296 e. The van der Waals surface area contributed by atoms with E-state index in [1.807, 2.05) is 31.2 Å². The third kappa shape index (κ3) is 3.01. The van der Waals surface area contributed by atoms with Gasteiger partial charge < -0.3 is 0 Å². The van der Waals surface area contributed by atoms with Crippen LogP contribution in [0, 0.1) is 6.92 Å². The molecule has 4 rings (SSSR count). The van der Waals surface area contributed by atoms with E-state index in [9.17, 15) is 9.59 Å². The zero-order valence-corrected chi connectivity index (χ0v) is 14.4. The normalized spacial score (nSPS) is 13.3. The van der Waals surface area contributed by atoms with Crippen molar-refractivity contribution in [2.45, 2.75) is 26.3 Å². The maximum absolute atomic E-state index is 12.5. The van der Waals surface area contributed by atoms with Gasteiger partial charge in [-0.25, -0.2) is 10.4 Å². The Labute approximate surface area is 150 Å². The standard InChI is InChI=1S/C20H18N4O2/c1-13-4-6-14(7-5-13)12-21-23-19(25)15-8-9-16-17(11-15)22-18-3-2-10-24(18)20(16)26/h4-9,11-12H,2-3,10H2,1H3,(H,23,25)/b21-12-. The molecule has 0 aliphatic carbocycles. The predicted molar refractivity (Wildman–Crippen MR) is 101 cm³/mol. The highest BCUT2D eigenvalue weighted by atomic mass is 16.2. The first-order valence-corrected chi connectivity index (χ1v) is 8.55. The number of aryl methyl sites for hydroxylation is 2. The second-order valence-corrected chi connectivity index (χ2v) is 6.43. The van der Waals surface area contributed by atoms with Gasteiger partial charge in [-0.3, -0.25) is 14.2 Å². The van der Waals surface area contributed by atoms with Crippen LogP contribution in [0.4, 0.5) is 0 Å². The first kappa shape index (κ1) is 16.2. The number of amides is 1. The lowest BCUT2D eigenvalue weighted by Crippen LogP contribution is -2.22. The maximum Gasteiger partial charge on any atom is 0.271 e.